The molecule has 3 rings (SSSR count). The first-order chi connectivity index (χ1) is 11.8. The topological polar surface area (TPSA) is 3.24 Å². The summed E-state index contributed by atoms with van der Waals surface area (Å²) in [7, 11) is 0. The van der Waals surface area contributed by atoms with E-state index in [0.717, 1.165) is 5.92 Å². The van der Waals surface area contributed by atoms with Crippen LogP contribution < -0.4 is 0 Å². The fourth-order valence-electron chi connectivity index (χ4n) is 3.62. The Morgan fingerprint density at radius 2 is 1.58 bits per heavy atom. The second-order valence-corrected chi connectivity index (χ2v) is 8.32. The standard InChI is InChI=1S/C8H17N.C7H10S.C7H14.2CH4/c1-2-6-9-7-4-3-5-8-9;1-2-4-7-5-3-6-8-7;1-2-7-5-3-4-6-7;;/h2-8H2,1H3;3,5-6H,2,4H2,1H3;7H,2-6H2,1H3;2*1H4. The molecule has 26 heavy (non-hydrogen) atoms. The Bertz CT molecular complexity index is 346. The molecule has 0 spiro atoms. The number of nitrogens with zero attached hydrogens (tertiary/aromatic N) is 1. The fourth-order valence-corrected chi connectivity index (χ4v) is 4.43. The molecule has 0 aromatic carbocycles. The SMILES string of the molecule is C.C.CCC1CCCC1.CCCN1CCCCC1.CCCc1cccs1. The Morgan fingerprint density at radius 3 is 2.00 bits per heavy atom. The third-order valence-electron chi connectivity index (χ3n) is 5.12. The minimum absolute atomic E-state index is 0. The molecule has 0 atom stereocenters. The van der Waals surface area contributed by atoms with Gasteiger partial charge in [0.05, 0.1) is 0 Å². The van der Waals surface area contributed by atoms with Crippen LogP contribution in [0.4, 0.5) is 0 Å². The van der Waals surface area contributed by atoms with E-state index in [1.54, 1.807) is 0 Å². The largest absolute Gasteiger partial charge is 0.303 e. The minimum Gasteiger partial charge on any atom is -0.303 e. The molecular weight excluding hydrogens is 334 g/mol. The van der Waals surface area contributed by atoms with E-state index in [4.69, 9.17) is 0 Å². The van der Waals surface area contributed by atoms with Gasteiger partial charge in [-0.05, 0) is 62.7 Å². The van der Waals surface area contributed by atoms with Crippen LogP contribution in [0.5, 0.6) is 0 Å². The van der Waals surface area contributed by atoms with Gasteiger partial charge in [0.1, 0.15) is 0 Å². The summed E-state index contributed by atoms with van der Waals surface area (Å²) in [5, 5.41) is 2.13. The van der Waals surface area contributed by atoms with Crippen molar-refractivity contribution in [3.8, 4) is 0 Å². The molecule has 2 fully saturated rings. The van der Waals surface area contributed by atoms with E-state index >= 15 is 0 Å². The van der Waals surface area contributed by atoms with Gasteiger partial charge < -0.3 is 4.90 Å². The van der Waals surface area contributed by atoms with E-state index in [-0.39, 0.29) is 14.9 Å². The normalized spacial score (nSPS) is 17.0. The highest BCUT2D eigenvalue weighted by molar-refractivity contribution is 7.09. The third kappa shape index (κ3) is 13.8. The summed E-state index contributed by atoms with van der Waals surface area (Å²) in [5.74, 6) is 1.10. The zero-order chi connectivity index (χ0) is 17.5. The zero-order valence-corrected chi connectivity index (χ0v) is 17.4. The number of hydrogen-bond acceptors (Lipinski definition) is 2. The summed E-state index contributed by atoms with van der Waals surface area (Å²) in [6, 6.07) is 4.30. The Labute approximate surface area is 170 Å². The molecule has 156 valence electrons. The smallest absolute Gasteiger partial charge is 0.00451 e. The fraction of sp³-hybridized carbons (Fsp3) is 0.833. The lowest BCUT2D eigenvalue weighted by atomic mass is 10.1. The summed E-state index contributed by atoms with van der Waals surface area (Å²) < 4.78 is 0. The Morgan fingerprint density at radius 1 is 0.923 bits per heavy atom. The number of rotatable bonds is 5. The second kappa shape index (κ2) is 19.4. The molecule has 1 saturated carbocycles. The molecule has 1 aliphatic carbocycles. The molecule has 0 bridgehead atoms. The molecule has 1 nitrogen and oxygen atoms in total. The van der Waals surface area contributed by atoms with Crippen LogP contribution in [0.3, 0.4) is 0 Å². The molecule has 2 heteroatoms. The highest BCUT2D eigenvalue weighted by atomic mass is 32.1. The number of aryl methyl sites for hydroxylation is 1. The molecule has 0 amide bonds. The summed E-state index contributed by atoms with van der Waals surface area (Å²) in [6.07, 6.45) is 15.6. The summed E-state index contributed by atoms with van der Waals surface area (Å²) in [4.78, 5) is 4.08. The summed E-state index contributed by atoms with van der Waals surface area (Å²) >= 11 is 1.85. The van der Waals surface area contributed by atoms with E-state index in [0.29, 0.717) is 0 Å². The van der Waals surface area contributed by atoms with E-state index < -0.39 is 0 Å². The van der Waals surface area contributed by atoms with Gasteiger partial charge in [-0.2, -0.15) is 0 Å². The van der Waals surface area contributed by atoms with E-state index in [2.05, 4.69) is 43.2 Å². The predicted molar refractivity (Wildman–Crippen MR) is 125 cm³/mol. The average Bonchev–Trinajstić information content (AvgIpc) is 3.31. The third-order valence-corrected chi connectivity index (χ3v) is 6.05. The van der Waals surface area contributed by atoms with Crippen molar-refractivity contribution in [3.63, 3.8) is 0 Å². The van der Waals surface area contributed by atoms with Crippen LogP contribution in [-0.2, 0) is 6.42 Å². The van der Waals surface area contributed by atoms with Crippen LogP contribution in [0.1, 0.15) is 105 Å². The summed E-state index contributed by atoms with van der Waals surface area (Å²) in [5.41, 5.74) is 0. The van der Waals surface area contributed by atoms with Crippen molar-refractivity contribution in [3.05, 3.63) is 22.4 Å². The predicted octanol–water partition coefficient (Wildman–Crippen LogP) is 8.44. The van der Waals surface area contributed by atoms with Crippen LogP contribution in [0.2, 0.25) is 0 Å². The Balaban J connectivity index is 0. The van der Waals surface area contributed by atoms with Crippen molar-refractivity contribution in [2.75, 3.05) is 19.6 Å². The quantitative estimate of drug-likeness (QED) is 0.493. The first-order valence-corrected chi connectivity index (χ1v) is 11.4. The number of likely N-dealkylation sites (tertiary alicyclic amines) is 1. The van der Waals surface area contributed by atoms with Crippen LogP contribution in [0, 0.1) is 5.92 Å². The molecule has 1 aromatic heterocycles. The van der Waals surface area contributed by atoms with Crippen molar-refractivity contribution in [2.45, 2.75) is 106 Å². The van der Waals surface area contributed by atoms with Gasteiger partial charge in [0.25, 0.3) is 0 Å². The molecule has 2 aliphatic rings. The summed E-state index contributed by atoms with van der Waals surface area (Å²) in [6.45, 7) is 10.8. The Kier molecular flexibility index (Phi) is 20.8. The molecule has 0 unspecified atom stereocenters. The van der Waals surface area contributed by atoms with Gasteiger partial charge in [-0.25, -0.2) is 0 Å². The van der Waals surface area contributed by atoms with Crippen LogP contribution in [0.25, 0.3) is 0 Å². The van der Waals surface area contributed by atoms with Crippen LogP contribution in [-0.4, -0.2) is 24.5 Å². The van der Waals surface area contributed by atoms with Crippen molar-refractivity contribution < 1.29 is 0 Å². The number of piperidine rings is 1. The highest BCUT2D eigenvalue weighted by Gasteiger charge is 2.11. The molecule has 1 aromatic rings. The molecular formula is C24H49NS. The van der Waals surface area contributed by atoms with Gasteiger partial charge in [0, 0.05) is 4.88 Å². The molecule has 2 heterocycles. The van der Waals surface area contributed by atoms with E-state index in [9.17, 15) is 0 Å². The number of hydrogen-bond donors (Lipinski definition) is 0. The van der Waals surface area contributed by atoms with Gasteiger partial charge in [-0.3, -0.25) is 0 Å². The lowest BCUT2D eigenvalue weighted by molar-refractivity contribution is 0.229. The van der Waals surface area contributed by atoms with Gasteiger partial charge in [0.15, 0.2) is 0 Å². The first kappa shape index (κ1) is 27.9. The van der Waals surface area contributed by atoms with E-state index in [1.807, 2.05) is 11.3 Å². The van der Waals surface area contributed by atoms with Crippen molar-refractivity contribution in [1.29, 1.82) is 0 Å². The maximum Gasteiger partial charge on any atom is 0.00451 e. The molecule has 1 saturated heterocycles. The minimum atomic E-state index is 0. The number of thiophene rings is 1. The van der Waals surface area contributed by atoms with Gasteiger partial charge >= 0.3 is 0 Å². The van der Waals surface area contributed by atoms with Crippen molar-refractivity contribution >= 4 is 11.3 Å². The van der Waals surface area contributed by atoms with Crippen molar-refractivity contribution in [1.82, 2.24) is 4.90 Å². The van der Waals surface area contributed by atoms with Gasteiger partial charge in [-0.1, -0.05) is 86.6 Å². The first-order valence-electron chi connectivity index (χ1n) is 10.5. The van der Waals surface area contributed by atoms with Gasteiger partial charge in [-0.15, -0.1) is 11.3 Å². The second-order valence-electron chi connectivity index (χ2n) is 7.29. The lowest BCUT2D eigenvalue weighted by Crippen LogP contribution is -2.30. The molecule has 0 radical (unpaired) electrons. The highest BCUT2D eigenvalue weighted by Crippen LogP contribution is 2.26. The van der Waals surface area contributed by atoms with Crippen LogP contribution >= 0.6 is 11.3 Å². The lowest BCUT2D eigenvalue weighted by Gasteiger charge is -2.25. The molecule has 1 aliphatic heterocycles. The van der Waals surface area contributed by atoms with Gasteiger partial charge in [0.2, 0.25) is 0 Å². The maximum atomic E-state index is 2.57. The van der Waals surface area contributed by atoms with E-state index in [1.165, 1.54) is 95.1 Å². The van der Waals surface area contributed by atoms with Crippen LogP contribution in [0.15, 0.2) is 17.5 Å². The zero-order valence-electron chi connectivity index (χ0n) is 16.6. The average molecular weight is 384 g/mol. The Hall–Kier alpha value is -0.340. The monoisotopic (exact) mass is 383 g/mol. The van der Waals surface area contributed by atoms with Crippen molar-refractivity contribution in [2.24, 2.45) is 5.92 Å². The maximum absolute atomic E-state index is 2.57. The molecule has 0 N–H and O–H groups in total.